The lowest BCUT2D eigenvalue weighted by Gasteiger charge is -2.42. The van der Waals surface area contributed by atoms with E-state index in [0.717, 1.165) is 5.69 Å². The summed E-state index contributed by atoms with van der Waals surface area (Å²) < 4.78 is 58.9. The first-order valence-corrected chi connectivity index (χ1v) is 13.9. The fourth-order valence-electron chi connectivity index (χ4n) is 5.20. The lowest BCUT2D eigenvalue weighted by Crippen LogP contribution is -2.52. The van der Waals surface area contributed by atoms with E-state index in [1.165, 1.54) is 18.2 Å². The van der Waals surface area contributed by atoms with Gasteiger partial charge >= 0.3 is 6.18 Å². The number of carbonyl (C=O) groups excluding carboxylic acids is 1. The summed E-state index contributed by atoms with van der Waals surface area (Å²) in [5.74, 6) is -0.560. The Morgan fingerprint density at radius 1 is 1.12 bits per heavy atom. The van der Waals surface area contributed by atoms with Gasteiger partial charge in [0.2, 0.25) is 0 Å². The average Bonchev–Trinajstić information content (AvgIpc) is 3.32. The minimum absolute atomic E-state index is 0.0193. The first kappa shape index (κ1) is 29.5. The molecule has 1 aliphatic rings. The summed E-state index contributed by atoms with van der Waals surface area (Å²) in [6, 6.07) is 14.9. The van der Waals surface area contributed by atoms with Crippen LogP contribution in [0.4, 0.5) is 28.9 Å². The number of halogens is 5. The molecule has 222 valence electrons. The first-order chi connectivity index (χ1) is 20.0. The van der Waals surface area contributed by atoms with Crippen LogP contribution in [0.3, 0.4) is 0 Å². The molecule has 0 bridgehead atoms. The van der Waals surface area contributed by atoms with Crippen LogP contribution in [-0.4, -0.2) is 53.8 Å². The van der Waals surface area contributed by atoms with Gasteiger partial charge in [-0.1, -0.05) is 24.6 Å². The zero-order valence-electron chi connectivity index (χ0n) is 23.1. The van der Waals surface area contributed by atoms with Gasteiger partial charge in [0, 0.05) is 44.1 Å². The quantitative estimate of drug-likeness (QED) is 0.240. The number of aromatic nitrogens is 2. The Bertz CT molecular complexity index is 1570. The third-order valence-electron chi connectivity index (χ3n) is 7.21. The monoisotopic (exact) mass is 603 g/mol. The van der Waals surface area contributed by atoms with Crippen molar-refractivity contribution in [2.45, 2.75) is 39.0 Å². The summed E-state index contributed by atoms with van der Waals surface area (Å²) in [4.78, 5) is 21.7. The number of carbonyl (C=O) groups is 1. The maximum Gasteiger partial charge on any atom is 0.422 e. The second kappa shape index (κ2) is 12.1. The number of amides is 1. The summed E-state index contributed by atoms with van der Waals surface area (Å²) in [5, 5.41) is 3.35. The zero-order chi connectivity index (χ0) is 30.0. The van der Waals surface area contributed by atoms with E-state index in [-0.39, 0.29) is 30.1 Å². The van der Waals surface area contributed by atoms with Crippen LogP contribution in [0.25, 0.3) is 5.65 Å². The summed E-state index contributed by atoms with van der Waals surface area (Å²) in [6.07, 6.45) is -2.18. The van der Waals surface area contributed by atoms with Crippen molar-refractivity contribution >= 4 is 34.5 Å². The highest BCUT2D eigenvalue weighted by Gasteiger charge is 2.29. The molecule has 0 aliphatic carbocycles. The van der Waals surface area contributed by atoms with Crippen molar-refractivity contribution in [2.24, 2.45) is 0 Å². The van der Waals surface area contributed by atoms with Crippen LogP contribution in [0, 0.1) is 5.82 Å². The number of benzene rings is 2. The SMILES string of the molecule is CCc1nc2ccc(Cl)cn2c1C(=O)NCc1ccc(N2CCN(c3ccc(OCC(F)(F)F)cc3)[C@@H](C)C2)c(F)c1. The number of alkyl halides is 3. The lowest BCUT2D eigenvalue weighted by atomic mass is 10.1. The predicted molar refractivity (Wildman–Crippen MR) is 154 cm³/mol. The molecule has 12 heteroatoms. The van der Waals surface area contributed by atoms with Gasteiger partial charge in [-0.15, -0.1) is 0 Å². The standard InChI is InChI=1S/C30H30ClF4N5O2/c1-3-25-28(40-17-21(31)5-11-27(40)37-25)29(41)36-15-20-4-10-26(24(32)14-20)38-12-13-39(19(2)16-38)22-6-8-23(9-7-22)42-18-30(33,34)35/h4-11,14,17,19H,3,12-13,15-16,18H2,1-2H3,(H,36,41)/t19-/m0/s1. The Balaban J connectivity index is 1.20. The molecule has 0 spiro atoms. The molecule has 1 N–H and O–H groups in total. The number of rotatable bonds is 8. The van der Waals surface area contributed by atoms with Gasteiger partial charge in [-0.05, 0) is 67.4 Å². The molecular weight excluding hydrogens is 574 g/mol. The highest BCUT2D eigenvalue weighted by molar-refractivity contribution is 6.30. The number of nitrogens with one attached hydrogen (secondary N) is 1. The molecule has 2 aromatic carbocycles. The minimum atomic E-state index is -4.39. The summed E-state index contributed by atoms with van der Waals surface area (Å²) in [7, 11) is 0. The molecule has 1 amide bonds. The van der Waals surface area contributed by atoms with Crippen molar-refractivity contribution in [3.63, 3.8) is 0 Å². The van der Waals surface area contributed by atoms with Gasteiger partial charge in [-0.2, -0.15) is 13.2 Å². The van der Waals surface area contributed by atoms with Crippen LogP contribution >= 0.6 is 11.6 Å². The Morgan fingerprint density at radius 3 is 2.55 bits per heavy atom. The number of anilines is 2. The van der Waals surface area contributed by atoms with E-state index in [4.69, 9.17) is 16.3 Å². The molecule has 7 nitrogen and oxygen atoms in total. The van der Waals surface area contributed by atoms with Gasteiger partial charge in [0.05, 0.1) is 16.4 Å². The molecule has 4 aromatic rings. The molecular formula is C30H30ClF4N5O2. The Hall–Kier alpha value is -3.99. The zero-order valence-corrected chi connectivity index (χ0v) is 23.8. The third-order valence-corrected chi connectivity index (χ3v) is 7.43. The van der Waals surface area contributed by atoms with Crippen LogP contribution in [0.15, 0.2) is 60.8 Å². The third kappa shape index (κ3) is 6.56. The number of piperazine rings is 1. The first-order valence-electron chi connectivity index (χ1n) is 13.6. The number of hydrogen-bond acceptors (Lipinski definition) is 5. The number of aryl methyl sites for hydroxylation is 1. The van der Waals surface area contributed by atoms with Crippen molar-refractivity contribution < 1.29 is 27.1 Å². The number of pyridine rings is 1. The van der Waals surface area contributed by atoms with Crippen molar-refractivity contribution in [1.29, 1.82) is 0 Å². The molecule has 1 fully saturated rings. The second-order valence-electron chi connectivity index (χ2n) is 10.2. The van der Waals surface area contributed by atoms with Crippen molar-refractivity contribution in [3.8, 4) is 5.75 Å². The van der Waals surface area contributed by atoms with Gasteiger partial charge in [-0.3, -0.25) is 9.20 Å². The number of ether oxygens (including phenoxy) is 1. The molecule has 0 unspecified atom stereocenters. The van der Waals surface area contributed by atoms with Gasteiger partial charge in [0.1, 0.15) is 22.9 Å². The van der Waals surface area contributed by atoms with Crippen LogP contribution in [0.2, 0.25) is 5.02 Å². The molecule has 2 aromatic heterocycles. The lowest BCUT2D eigenvalue weighted by molar-refractivity contribution is -0.153. The summed E-state index contributed by atoms with van der Waals surface area (Å²) in [6.45, 7) is 4.44. The minimum Gasteiger partial charge on any atom is -0.484 e. The van der Waals surface area contributed by atoms with Crippen molar-refractivity contribution in [3.05, 3.63) is 88.6 Å². The average molecular weight is 604 g/mol. The molecule has 0 radical (unpaired) electrons. The van der Waals surface area contributed by atoms with E-state index in [2.05, 4.69) is 15.2 Å². The van der Waals surface area contributed by atoms with E-state index in [9.17, 15) is 18.0 Å². The number of imidazole rings is 1. The second-order valence-corrected chi connectivity index (χ2v) is 10.6. The van der Waals surface area contributed by atoms with Crippen LogP contribution in [0.5, 0.6) is 5.75 Å². The largest absolute Gasteiger partial charge is 0.484 e. The number of nitrogens with zero attached hydrogens (tertiary/aromatic N) is 4. The van der Waals surface area contributed by atoms with Gasteiger partial charge in [0.15, 0.2) is 6.61 Å². The van der Waals surface area contributed by atoms with E-state index >= 15 is 4.39 Å². The fourth-order valence-corrected chi connectivity index (χ4v) is 5.36. The highest BCUT2D eigenvalue weighted by Crippen LogP contribution is 2.28. The van der Waals surface area contributed by atoms with Crippen LogP contribution < -0.4 is 19.9 Å². The molecule has 3 heterocycles. The number of hydrogen-bond donors (Lipinski definition) is 1. The highest BCUT2D eigenvalue weighted by atomic mass is 35.5. The Labute approximate surface area is 245 Å². The Kier molecular flexibility index (Phi) is 8.49. The molecule has 42 heavy (non-hydrogen) atoms. The topological polar surface area (TPSA) is 62.1 Å². The normalized spacial score (nSPS) is 15.7. The summed E-state index contributed by atoms with van der Waals surface area (Å²) in [5.41, 5.74) is 3.62. The van der Waals surface area contributed by atoms with Gasteiger partial charge in [-0.25, -0.2) is 9.37 Å². The Morgan fingerprint density at radius 2 is 1.88 bits per heavy atom. The van der Waals surface area contributed by atoms with E-state index in [1.54, 1.807) is 47.0 Å². The molecule has 0 saturated carbocycles. The smallest absolute Gasteiger partial charge is 0.422 e. The van der Waals surface area contributed by atoms with Crippen molar-refractivity contribution in [1.82, 2.24) is 14.7 Å². The molecule has 1 aliphatic heterocycles. The van der Waals surface area contributed by atoms with E-state index < -0.39 is 12.8 Å². The summed E-state index contributed by atoms with van der Waals surface area (Å²) >= 11 is 6.13. The molecule has 1 saturated heterocycles. The van der Waals surface area contributed by atoms with Crippen LogP contribution in [-0.2, 0) is 13.0 Å². The predicted octanol–water partition coefficient (Wildman–Crippen LogP) is 6.28. The maximum atomic E-state index is 15.3. The molecule has 5 rings (SSSR count). The van der Waals surface area contributed by atoms with E-state index in [1.807, 2.05) is 18.7 Å². The maximum absolute atomic E-state index is 15.3. The fraction of sp³-hybridized carbons (Fsp3) is 0.333. The van der Waals surface area contributed by atoms with Crippen molar-refractivity contribution in [2.75, 3.05) is 36.0 Å². The van der Waals surface area contributed by atoms with E-state index in [0.29, 0.717) is 59.4 Å². The van der Waals surface area contributed by atoms with Gasteiger partial charge < -0.3 is 19.9 Å². The number of fused-ring (bicyclic) bond motifs is 1. The van der Waals surface area contributed by atoms with Crippen LogP contribution in [0.1, 0.15) is 35.6 Å². The van der Waals surface area contributed by atoms with Gasteiger partial charge in [0.25, 0.3) is 5.91 Å². The molecule has 1 atom stereocenters.